The van der Waals surface area contributed by atoms with Gasteiger partial charge < -0.3 is 11.1 Å². The van der Waals surface area contributed by atoms with Crippen LogP contribution in [0.5, 0.6) is 0 Å². The SMILES string of the molecule is NC(=O)C(NC(=O)C(F)(F)Cl)c1ccccc1. The van der Waals surface area contributed by atoms with Crippen LogP contribution in [0.3, 0.4) is 0 Å². The molecule has 1 atom stereocenters. The van der Waals surface area contributed by atoms with E-state index in [-0.39, 0.29) is 0 Å². The van der Waals surface area contributed by atoms with Crippen molar-refractivity contribution >= 4 is 23.4 Å². The van der Waals surface area contributed by atoms with Crippen LogP contribution in [0.2, 0.25) is 0 Å². The number of carbonyl (C=O) groups is 2. The van der Waals surface area contributed by atoms with E-state index in [0.717, 1.165) is 0 Å². The highest BCUT2D eigenvalue weighted by Gasteiger charge is 2.38. The summed E-state index contributed by atoms with van der Waals surface area (Å²) in [4.78, 5) is 22.0. The minimum Gasteiger partial charge on any atom is -0.368 e. The van der Waals surface area contributed by atoms with Crippen molar-refractivity contribution in [3.63, 3.8) is 0 Å². The van der Waals surface area contributed by atoms with Gasteiger partial charge in [-0.2, -0.15) is 8.78 Å². The average molecular weight is 263 g/mol. The minimum absolute atomic E-state index is 0.300. The van der Waals surface area contributed by atoms with Crippen LogP contribution in [0.4, 0.5) is 8.78 Å². The smallest absolute Gasteiger partial charge is 0.368 e. The summed E-state index contributed by atoms with van der Waals surface area (Å²) in [6, 6.07) is 6.43. The molecule has 0 fully saturated rings. The Bertz CT molecular complexity index is 420. The van der Waals surface area contributed by atoms with Crippen LogP contribution in [0.25, 0.3) is 0 Å². The number of amides is 2. The quantitative estimate of drug-likeness (QED) is 0.799. The molecule has 0 aromatic heterocycles. The maximum absolute atomic E-state index is 12.5. The number of nitrogens with one attached hydrogen (secondary N) is 1. The number of nitrogens with two attached hydrogens (primary N) is 1. The first kappa shape index (κ1) is 13.4. The molecule has 0 saturated heterocycles. The van der Waals surface area contributed by atoms with Crippen LogP contribution in [-0.2, 0) is 9.59 Å². The van der Waals surface area contributed by atoms with E-state index in [9.17, 15) is 18.4 Å². The zero-order valence-electron chi connectivity index (χ0n) is 8.49. The van der Waals surface area contributed by atoms with E-state index >= 15 is 0 Å². The van der Waals surface area contributed by atoms with Crippen LogP contribution in [0.1, 0.15) is 11.6 Å². The molecule has 0 aliphatic heterocycles. The summed E-state index contributed by atoms with van der Waals surface area (Å²) in [6.07, 6.45) is 0. The van der Waals surface area contributed by atoms with Crippen LogP contribution < -0.4 is 11.1 Å². The van der Waals surface area contributed by atoms with Gasteiger partial charge in [0.25, 0.3) is 0 Å². The number of alkyl halides is 3. The summed E-state index contributed by atoms with van der Waals surface area (Å²) in [6.45, 7) is 0. The van der Waals surface area contributed by atoms with E-state index in [4.69, 9.17) is 5.73 Å². The van der Waals surface area contributed by atoms with Crippen molar-refractivity contribution in [1.29, 1.82) is 0 Å². The first-order chi connectivity index (χ1) is 7.82. The van der Waals surface area contributed by atoms with E-state index in [1.807, 2.05) is 0 Å². The van der Waals surface area contributed by atoms with E-state index in [1.165, 1.54) is 12.1 Å². The van der Waals surface area contributed by atoms with Crippen LogP contribution >= 0.6 is 11.6 Å². The highest BCUT2D eigenvalue weighted by atomic mass is 35.5. The van der Waals surface area contributed by atoms with Crippen molar-refractivity contribution in [2.45, 2.75) is 11.4 Å². The van der Waals surface area contributed by atoms with Gasteiger partial charge in [-0.3, -0.25) is 9.59 Å². The van der Waals surface area contributed by atoms with Gasteiger partial charge in [0.2, 0.25) is 5.91 Å². The molecule has 0 saturated carbocycles. The standard InChI is InChI=1S/C10H9ClF2N2O2/c11-10(12,13)9(17)15-7(8(14)16)6-4-2-1-3-5-6/h1-5,7H,(H2,14,16)(H,15,17). The third-order valence-corrected chi connectivity index (χ3v) is 2.12. The molecule has 1 rings (SSSR count). The molecule has 0 radical (unpaired) electrons. The van der Waals surface area contributed by atoms with Crippen molar-refractivity contribution in [3.8, 4) is 0 Å². The third kappa shape index (κ3) is 3.67. The number of rotatable bonds is 4. The minimum atomic E-state index is -4.08. The summed E-state index contributed by atoms with van der Waals surface area (Å²) >= 11 is 4.52. The molecule has 1 unspecified atom stereocenters. The van der Waals surface area contributed by atoms with E-state index in [1.54, 1.807) is 23.5 Å². The van der Waals surface area contributed by atoms with Gasteiger partial charge in [0.1, 0.15) is 6.04 Å². The fraction of sp³-hybridized carbons (Fsp3) is 0.200. The van der Waals surface area contributed by atoms with Gasteiger partial charge in [0.05, 0.1) is 0 Å². The normalized spacial score (nSPS) is 12.9. The molecule has 1 aromatic rings. The fourth-order valence-electron chi connectivity index (χ4n) is 1.18. The predicted octanol–water partition coefficient (Wildman–Crippen LogP) is 1.16. The Balaban J connectivity index is 2.90. The fourth-order valence-corrected chi connectivity index (χ4v) is 1.23. The van der Waals surface area contributed by atoms with E-state index < -0.39 is 23.2 Å². The lowest BCUT2D eigenvalue weighted by atomic mass is 10.1. The van der Waals surface area contributed by atoms with Crippen LogP contribution in [-0.4, -0.2) is 17.2 Å². The van der Waals surface area contributed by atoms with Crippen LogP contribution in [0, 0.1) is 0 Å². The van der Waals surface area contributed by atoms with E-state index in [2.05, 4.69) is 11.6 Å². The highest BCUT2D eigenvalue weighted by Crippen LogP contribution is 2.21. The third-order valence-electron chi connectivity index (χ3n) is 1.95. The molecule has 0 aliphatic rings. The second kappa shape index (κ2) is 5.09. The summed E-state index contributed by atoms with van der Waals surface area (Å²) in [7, 11) is 0. The van der Waals surface area contributed by atoms with Gasteiger partial charge in [0.15, 0.2) is 0 Å². The molecule has 92 valence electrons. The molecule has 7 heteroatoms. The van der Waals surface area contributed by atoms with Gasteiger partial charge in [-0.05, 0) is 17.2 Å². The van der Waals surface area contributed by atoms with Gasteiger partial charge >= 0.3 is 11.3 Å². The Morgan fingerprint density at radius 3 is 2.24 bits per heavy atom. The largest absolute Gasteiger partial charge is 0.399 e. The number of primary amides is 1. The summed E-state index contributed by atoms with van der Waals surface area (Å²) in [5.41, 5.74) is 5.32. The monoisotopic (exact) mass is 262 g/mol. The molecule has 0 heterocycles. The molecular weight excluding hydrogens is 254 g/mol. The van der Waals surface area contributed by atoms with Gasteiger partial charge in [-0.1, -0.05) is 30.3 Å². The molecule has 1 aromatic carbocycles. The number of carbonyl (C=O) groups excluding carboxylic acids is 2. The number of benzene rings is 1. The Labute approximate surface area is 101 Å². The lowest BCUT2D eigenvalue weighted by Crippen LogP contribution is -2.43. The molecule has 0 spiro atoms. The number of halogens is 3. The molecule has 0 bridgehead atoms. The molecular formula is C10H9ClF2N2O2. The zero-order chi connectivity index (χ0) is 13.1. The molecule has 4 nitrogen and oxygen atoms in total. The van der Waals surface area contributed by atoms with Crippen molar-refractivity contribution in [2.75, 3.05) is 0 Å². The number of hydrogen-bond donors (Lipinski definition) is 2. The van der Waals surface area contributed by atoms with Crippen molar-refractivity contribution in [2.24, 2.45) is 5.73 Å². The second-order valence-corrected chi connectivity index (χ2v) is 3.69. The second-order valence-electron chi connectivity index (χ2n) is 3.22. The molecule has 2 amide bonds. The van der Waals surface area contributed by atoms with Gasteiger partial charge in [-0.15, -0.1) is 0 Å². The summed E-state index contributed by atoms with van der Waals surface area (Å²) in [5.74, 6) is -2.72. The van der Waals surface area contributed by atoms with Crippen molar-refractivity contribution in [1.82, 2.24) is 5.32 Å². The maximum Gasteiger partial charge on any atom is 0.399 e. The van der Waals surface area contributed by atoms with Crippen LogP contribution in [0.15, 0.2) is 30.3 Å². The summed E-state index contributed by atoms with van der Waals surface area (Å²) < 4.78 is 24.9. The lowest BCUT2D eigenvalue weighted by molar-refractivity contribution is -0.138. The first-order valence-electron chi connectivity index (χ1n) is 4.54. The topological polar surface area (TPSA) is 72.2 Å². The average Bonchev–Trinajstić information content (AvgIpc) is 2.25. The lowest BCUT2D eigenvalue weighted by Gasteiger charge is -2.17. The predicted molar refractivity (Wildman–Crippen MR) is 57.3 cm³/mol. The Morgan fingerprint density at radius 2 is 1.82 bits per heavy atom. The van der Waals surface area contributed by atoms with Crippen molar-refractivity contribution < 1.29 is 18.4 Å². The first-order valence-corrected chi connectivity index (χ1v) is 4.92. The molecule has 0 aliphatic carbocycles. The highest BCUT2D eigenvalue weighted by molar-refractivity contribution is 6.32. The Kier molecular flexibility index (Phi) is 4.01. The van der Waals surface area contributed by atoms with E-state index in [0.29, 0.717) is 5.56 Å². The Hall–Kier alpha value is -1.69. The zero-order valence-corrected chi connectivity index (χ0v) is 9.25. The Morgan fingerprint density at radius 1 is 1.29 bits per heavy atom. The molecule has 17 heavy (non-hydrogen) atoms. The maximum atomic E-state index is 12.5. The molecule has 3 N–H and O–H groups in total. The number of hydrogen-bond acceptors (Lipinski definition) is 2. The summed E-state index contributed by atoms with van der Waals surface area (Å²) in [5, 5.41) is -2.30. The van der Waals surface area contributed by atoms with Gasteiger partial charge in [0, 0.05) is 0 Å². The van der Waals surface area contributed by atoms with Gasteiger partial charge in [-0.25, -0.2) is 0 Å². The van der Waals surface area contributed by atoms with Crippen molar-refractivity contribution in [3.05, 3.63) is 35.9 Å².